The van der Waals surface area contributed by atoms with Crippen molar-refractivity contribution in [2.24, 2.45) is 0 Å². The molecular weight excluding hydrogens is 205 g/mol. The van der Waals surface area contributed by atoms with E-state index in [-0.39, 0.29) is 17.6 Å². The summed E-state index contributed by atoms with van der Waals surface area (Å²) in [5.41, 5.74) is 1.10. The van der Waals surface area contributed by atoms with Crippen LogP contribution in [-0.2, 0) is 0 Å². The van der Waals surface area contributed by atoms with Crippen LogP contribution in [-0.4, -0.2) is 10.4 Å². The highest BCUT2D eigenvalue weighted by Gasteiger charge is 2.15. The van der Waals surface area contributed by atoms with Gasteiger partial charge >= 0.3 is 0 Å². The standard InChI is InChI=1S/C13H14FNO/c1-8(2)15-7-11(9(3)16)10-5-4-6-12(14)13(10)15/h4-8H,1-3H3. The van der Waals surface area contributed by atoms with E-state index in [1.54, 1.807) is 22.9 Å². The lowest BCUT2D eigenvalue weighted by Crippen LogP contribution is -1.99. The third-order valence-corrected chi connectivity index (χ3v) is 2.74. The second-order valence-corrected chi connectivity index (χ2v) is 4.24. The molecule has 1 aromatic carbocycles. The Morgan fingerprint density at radius 1 is 1.38 bits per heavy atom. The van der Waals surface area contributed by atoms with Crippen molar-refractivity contribution in [2.45, 2.75) is 26.8 Å². The molecule has 0 saturated heterocycles. The SMILES string of the molecule is CC(=O)c1cn(C(C)C)c2c(F)cccc12. The van der Waals surface area contributed by atoms with Gasteiger partial charge in [-0.05, 0) is 26.8 Å². The molecule has 2 nitrogen and oxygen atoms in total. The van der Waals surface area contributed by atoms with Crippen LogP contribution in [0.15, 0.2) is 24.4 Å². The number of fused-ring (bicyclic) bond motifs is 1. The van der Waals surface area contributed by atoms with Gasteiger partial charge in [0.1, 0.15) is 5.82 Å². The number of benzene rings is 1. The van der Waals surface area contributed by atoms with E-state index >= 15 is 0 Å². The van der Waals surface area contributed by atoms with E-state index < -0.39 is 0 Å². The molecule has 0 atom stereocenters. The van der Waals surface area contributed by atoms with E-state index in [0.717, 1.165) is 0 Å². The average Bonchev–Trinajstić information content (AvgIpc) is 2.58. The van der Waals surface area contributed by atoms with Gasteiger partial charge in [0, 0.05) is 23.2 Å². The number of carbonyl (C=O) groups excluding carboxylic acids is 1. The summed E-state index contributed by atoms with van der Waals surface area (Å²) in [4.78, 5) is 11.5. The number of rotatable bonds is 2. The zero-order valence-corrected chi connectivity index (χ0v) is 9.62. The van der Waals surface area contributed by atoms with Gasteiger partial charge < -0.3 is 4.57 Å². The molecule has 1 aromatic heterocycles. The molecule has 3 heteroatoms. The Kier molecular flexibility index (Phi) is 2.54. The van der Waals surface area contributed by atoms with Gasteiger partial charge in [0.25, 0.3) is 0 Å². The van der Waals surface area contributed by atoms with Crippen molar-refractivity contribution < 1.29 is 9.18 Å². The highest BCUT2D eigenvalue weighted by atomic mass is 19.1. The number of hydrogen-bond donors (Lipinski definition) is 0. The number of ketones is 1. The van der Waals surface area contributed by atoms with Crippen LogP contribution < -0.4 is 0 Å². The predicted octanol–water partition coefficient (Wildman–Crippen LogP) is 3.56. The van der Waals surface area contributed by atoms with E-state index in [1.807, 2.05) is 13.8 Å². The summed E-state index contributed by atoms with van der Waals surface area (Å²) in [6.07, 6.45) is 1.74. The molecule has 0 aliphatic heterocycles. The largest absolute Gasteiger partial charge is 0.342 e. The predicted molar refractivity (Wildman–Crippen MR) is 62.3 cm³/mol. The maximum absolute atomic E-state index is 13.8. The van der Waals surface area contributed by atoms with Crippen molar-refractivity contribution in [1.82, 2.24) is 4.57 Å². The van der Waals surface area contributed by atoms with E-state index in [0.29, 0.717) is 16.5 Å². The summed E-state index contributed by atoms with van der Waals surface area (Å²) in [5, 5.41) is 0.696. The first-order valence-corrected chi connectivity index (χ1v) is 5.32. The first-order valence-electron chi connectivity index (χ1n) is 5.32. The highest BCUT2D eigenvalue weighted by Crippen LogP contribution is 2.27. The topological polar surface area (TPSA) is 22.0 Å². The van der Waals surface area contributed by atoms with Gasteiger partial charge in [-0.1, -0.05) is 12.1 Å². The third kappa shape index (κ3) is 1.52. The molecule has 0 radical (unpaired) electrons. The molecule has 2 rings (SSSR count). The number of para-hydroxylation sites is 1. The molecule has 1 heterocycles. The van der Waals surface area contributed by atoms with Crippen LogP contribution in [0, 0.1) is 5.82 Å². The van der Waals surface area contributed by atoms with Gasteiger partial charge in [0.15, 0.2) is 5.78 Å². The molecule has 0 unspecified atom stereocenters. The van der Waals surface area contributed by atoms with Crippen LogP contribution in [0.4, 0.5) is 4.39 Å². The Bertz CT molecular complexity index is 554. The Labute approximate surface area is 93.7 Å². The van der Waals surface area contributed by atoms with Gasteiger partial charge in [0.05, 0.1) is 5.52 Å². The number of halogens is 1. The van der Waals surface area contributed by atoms with Gasteiger partial charge in [-0.15, -0.1) is 0 Å². The molecule has 84 valence electrons. The van der Waals surface area contributed by atoms with Crippen LogP contribution in [0.1, 0.15) is 37.2 Å². The second-order valence-electron chi connectivity index (χ2n) is 4.24. The lowest BCUT2D eigenvalue weighted by Gasteiger charge is -2.09. The smallest absolute Gasteiger partial charge is 0.161 e. The lowest BCUT2D eigenvalue weighted by atomic mass is 10.1. The fraction of sp³-hybridized carbons (Fsp3) is 0.308. The summed E-state index contributed by atoms with van der Waals surface area (Å²) < 4.78 is 15.6. The Morgan fingerprint density at radius 3 is 2.62 bits per heavy atom. The number of aromatic nitrogens is 1. The van der Waals surface area contributed by atoms with E-state index in [2.05, 4.69) is 0 Å². The minimum atomic E-state index is -0.279. The molecule has 0 fully saturated rings. The molecule has 16 heavy (non-hydrogen) atoms. The molecule has 0 bridgehead atoms. The quantitative estimate of drug-likeness (QED) is 0.708. The molecule has 0 saturated carbocycles. The minimum absolute atomic E-state index is 0.0324. The Balaban J connectivity index is 2.87. The monoisotopic (exact) mass is 219 g/mol. The lowest BCUT2D eigenvalue weighted by molar-refractivity contribution is 0.101. The number of hydrogen-bond acceptors (Lipinski definition) is 1. The van der Waals surface area contributed by atoms with Crippen LogP contribution in [0.2, 0.25) is 0 Å². The minimum Gasteiger partial charge on any atom is -0.342 e. The maximum atomic E-state index is 13.8. The van der Waals surface area contributed by atoms with Crippen molar-refractivity contribution in [1.29, 1.82) is 0 Å². The summed E-state index contributed by atoms with van der Waals surface area (Å²) in [7, 11) is 0. The molecule has 0 aliphatic rings. The van der Waals surface area contributed by atoms with Crippen molar-refractivity contribution in [3.05, 3.63) is 35.8 Å². The first kappa shape index (κ1) is 10.9. The van der Waals surface area contributed by atoms with E-state index in [1.165, 1.54) is 13.0 Å². The summed E-state index contributed by atoms with van der Waals surface area (Å²) in [6, 6.07) is 4.97. The fourth-order valence-corrected chi connectivity index (χ4v) is 1.96. The van der Waals surface area contributed by atoms with Crippen molar-refractivity contribution >= 4 is 16.7 Å². The van der Waals surface area contributed by atoms with Crippen molar-refractivity contribution in [3.8, 4) is 0 Å². The Morgan fingerprint density at radius 2 is 2.06 bits per heavy atom. The maximum Gasteiger partial charge on any atom is 0.161 e. The fourth-order valence-electron chi connectivity index (χ4n) is 1.96. The van der Waals surface area contributed by atoms with Crippen LogP contribution >= 0.6 is 0 Å². The zero-order valence-electron chi connectivity index (χ0n) is 9.62. The number of Topliss-reactive ketones (excluding diaryl/α,β-unsaturated/α-hetero) is 1. The molecule has 0 amide bonds. The highest BCUT2D eigenvalue weighted by molar-refractivity contribution is 6.07. The summed E-state index contributed by atoms with van der Waals surface area (Å²) >= 11 is 0. The van der Waals surface area contributed by atoms with Crippen molar-refractivity contribution in [3.63, 3.8) is 0 Å². The molecule has 0 spiro atoms. The van der Waals surface area contributed by atoms with Gasteiger partial charge in [0.2, 0.25) is 0 Å². The van der Waals surface area contributed by atoms with Gasteiger partial charge in [-0.3, -0.25) is 4.79 Å². The molecule has 0 aliphatic carbocycles. The first-order chi connectivity index (χ1) is 7.52. The summed E-state index contributed by atoms with van der Waals surface area (Å²) in [5.74, 6) is -0.311. The zero-order chi connectivity index (χ0) is 11.9. The van der Waals surface area contributed by atoms with Crippen molar-refractivity contribution in [2.75, 3.05) is 0 Å². The van der Waals surface area contributed by atoms with Gasteiger partial charge in [-0.2, -0.15) is 0 Å². The number of nitrogens with zero attached hydrogens (tertiary/aromatic N) is 1. The van der Waals surface area contributed by atoms with E-state index in [4.69, 9.17) is 0 Å². The van der Waals surface area contributed by atoms with Crippen LogP contribution in [0.5, 0.6) is 0 Å². The number of carbonyl (C=O) groups is 1. The second kappa shape index (κ2) is 3.74. The van der Waals surface area contributed by atoms with Crippen LogP contribution in [0.25, 0.3) is 10.9 Å². The molecule has 0 N–H and O–H groups in total. The normalized spacial score (nSPS) is 11.3. The molecule has 2 aromatic rings. The Hall–Kier alpha value is -1.64. The van der Waals surface area contributed by atoms with E-state index in [9.17, 15) is 9.18 Å². The third-order valence-electron chi connectivity index (χ3n) is 2.74. The summed E-state index contributed by atoms with van der Waals surface area (Å²) in [6.45, 7) is 5.44. The van der Waals surface area contributed by atoms with Gasteiger partial charge in [-0.25, -0.2) is 4.39 Å². The average molecular weight is 219 g/mol. The van der Waals surface area contributed by atoms with Crippen LogP contribution in [0.3, 0.4) is 0 Å². The molecular formula is C13H14FNO.